The van der Waals surface area contributed by atoms with E-state index in [1.165, 1.54) is 0 Å². The van der Waals surface area contributed by atoms with Crippen LogP contribution >= 0.6 is 11.6 Å². The summed E-state index contributed by atoms with van der Waals surface area (Å²) >= 11 is 5.90. The molecule has 1 aliphatic carbocycles. The lowest BCUT2D eigenvalue weighted by Gasteiger charge is -2.30. The van der Waals surface area contributed by atoms with Crippen LogP contribution in [0, 0.1) is 23.5 Å². The average Bonchev–Trinajstić information content (AvgIpc) is 2.48. The second kappa shape index (κ2) is 7.03. The van der Waals surface area contributed by atoms with Gasteiger partial charge in [0.15, 0.2) is 0 Å². The smallest absolute Gasteiger partial charge is 0.211 e. The Labute approximate surface area is 128 Å². The van der Waals surface area contributed by atoms with E-state index in [9.17, 15) is 17.2 Å². The monoisotopic (exact) mass is 337 g/mol. The highest BCUT2D eigenvalue weighted by atomic mass is 35.5. The van der Waals surface area contributed by atoms with Crippen molar-refractivity contribution in [2.75, 3.05) is 12.4 Å². The number of sulfonamides is 1. The van der Waals surface area contributed by atoms with Crippen LogP contribution in [0.25, 0.3) is 0 Å². The van der Waals surface area contributed by atoms with Gasteiger partial charge in [-0.3, -0.25) is 0 Å². The average molecular weight is 338 g/mol. The molecule has 1 aromatic rings. The van der Waals surface area contributed by atoms with Crippen molar-refractivity contribution in [2.45, 2.75) is 30.6 Å². The number of alkyl halides is 1. The number of halogens is 3. The minimum Gasteiger partial charge on any atom is -0.211 e. The van der Waals surface area contributed by atoms with Gasteiger partial charge in [0.2, 0.25) is 10.0 Å². The summed E-state index contributed by atoms with van der Waals surface area (Å²) in [6, 6.07) is 2.39. The van der Waals surface area contributed by atoms with Crippen LogP contribution in [0.2, 0.25) is 0 Å². The van der Waals surface area contributed by atoms with Crippen LogP contribution in [-0.4, -0.2) is 20.8 Å². The topological polar surface area (TPSA) is 46.2 Å². The maximum Gasteiger partial charge on any atom is 0.243 e. The van der Waals surface area contributed by atoms with E-state index >= 15 is 0 Å². The zero-order valence-electron chi connectivity index (χ0n) is 11.5. The quantitative estimate of drug-likeness (QED) is 0.838. The summed E-state index contributed by atoms with van der Waals surface area (Å²) in [5.41, 5.74) is 0. The van der Waals surface area contributed by atoms with Crippen LogP contribution in [0.5, 0.6) is 0 Å². The first-order valence-corrected chi connectivity index (χ1v) is 8.96. The molecule has 0 spiro atoms. The van der Waals surface area contributed by atoms with E-state index < -0.39 is 26.6 Å². The first-order chi connectivity index (χ1) is 9.94. The molecule has 7 heteroatoms. The third kappa shape index (κ3) is 4.14. The molecule has 2 atom stereocenters. The lowest BCUT2D eigenvalue weighted by Crippen LogP contribution is -2.35. The molecular weight excluding hydrogens is 320 g/mol. The second-order valence-corrected chi connectivity index (χ2v) is 7.43. The third-order valence-corrected chi connectivity index (χ3v) is 5.82. The predicted molar refractivity (Wildman–Crippen MR) is 77.7 cm³/mol. The summed E-state index contributed by atoms with van der Waals surface area (Å²) in [6.45, 7) is 0.204. The zero-order valence-corrected chi connectivity index (χ0v) is 13.1. The van der Waals surface area contributed by atoms with E-state index in [1.807, 2.05) is 0 Å². The lowest BCUT2D eigenvalue weighted by atomic mass is 9.80. The van der Waals surface area contributed by atoms with Gasteiger partial charge in [0.1, 0.15) is 16.5 Å². The highest BCUT2D eigenvalue weighted by molar-refractivity contribution is 7.89. The largest absolute Gasteiger partial charge is 0.243 e. The first kappa shape index (κ1) is 16.6. The number of nitrogens with one attached hydrogen (secondary N) is 1. The van der Waals surface area contributed by atoms with Gasteiger partial charge in [-0.1, -0.05) is 12.8 Å². The van der Waals surface area contributed by atoms with E-state index in [0.29, 0.717) is 11.9 Å². The van der Waals surface area contributed by atoms with Crippen molar-refractivity contribution < 1.29 is 17.2 Å². The third-order valence-electron chi connectivity index (χ3n) is 3.98. The van der Waals surface area contributed by atoms with Crippen molar-refractivity contribution in [3.8, 4) is 0 Å². The lowest BCUT2D eigenvalue weighted by molar-refractivity contribution is 0.260. The minimum atomic E-state index is -4.05. The van der Waals surface area contributed by atoms with Crippen molar-refractivity contribution in [1.29, 1.82) is 0 Å². The SMILES string of the molecule is O=S(=O)(NCC1CCCCC1CCl)c1cc(F)ccc1F. The van der Waals surface area contributed by atoms with Crippen LogP contribution in [0.3, 0.4) is 0 Å². The van der Waals surface area contributed by atoms with E-state index in [0.717, 1.165) is 37.8 Å². The Bertz CT molecular complexity index is 595. The maximum atomic E-state index is 13.6. The van der Waals surface area contributed by atoms with Gasteiger partial charge in [-0.05, 0) is 42.9 Å². The van der Waals surface area contributed by atoms with E-state index in [2.05, 4.69) is 4.72 Å². The van der Waals surface area contributed by atoms with Gasteiger partial charge in [-0.15, -0.1) is 11.6 Å². The summed E-state index contributed by atoms with van der Waals surface area (Å²) in [5, 5.41) is 0. The van der Waals surface area contributed by atoms with Crippen LogP contribution in [0.1, 0.15) is 25.7 Å². The van der Waals surface area contributed by atoms with Crippen LogP contribution < -0.4 is 4.72 Å². The van der Waals surface area contributed by atoms with Crippen LogP contribution in [0.4, 0.5) is 8.78 Å². The highest BCUT2D eigenvalue weighted by Crippen LogP contribution is 2.30. The highest BCUT2D eigenvalue weighted by Gasteiger charge is 2.27. The minimum absolute atomic E-state index is 0.141. The standard InChI is InChI=1S/C14H18ClF2NO2S/c15-8-10-3-1-2-4-11(10)9-18-21(19,20)14-7-12(16)5-6-13(14)17/h5-7,10-11,18H,1-4,8-9H2. The van der Waals surface area contributed by atoms with Crippen molar-refractivity contribution in [3.05, 3.63) is 29.8 Å². The van der Waals surface area contributed by atoms with Crippen molar-refractivity contribution >= 4 is 21.6 Å². The molecule has 0 amide bonds. The van der Waals surface area contributed by atoms with E-state index in [-0.39, 0.29) is 18.4 Å². The summed E-state index contributed by atoms with van der Waals surface area (Å²) in [6.07, 6.45) is 4.00. The second-order valence-electron chi connectivity index (χ2n) is 5.39. The molecule has 118 valence electrons. The Morgan fingerprint density at radius 2 is 1.86 bits per heavy atom. The Morgan fingerprint density at radius 3 is 2.52 bits per heavy atom. The molecule has 2 unspecified atom stereocenters. The molecule has 0 saturated heterocycles. The predicted octanol–water partition coefficient (Wildman–Crippen LogP) is 3.29. The van der Waals surface area contributed by atoms with Gasteiger partial charge in [0.05, 0.1) is 0 Å². The van der Waals surface area contributed by atoms with Gasteiger partial charge in [0.25, 0.3) is 0 Å². The molecule has 0 bridgehead atoms. The van der Waals surface area contributed by atoms with Gasteiger partial charge < -0.3 is 0 Å². The van der Waals surface area contributed by atoms with Crippen molar-refractivity contribution in [2.24, 2.45) is 11.8 Å². The molecule has 3 nitrogen and oxygen atoms in total. The molecule has 0 heterocycles. The molecule has 1 fully saturated rings. The molecule has 1 N–H and O–H groups in total. The molecule has 0 radical (unpaired) electrons. The first-order valence-electron chi connectivity index (χ1n) is 6.94. The van der Waals surface area contributed by atoms with Gasteiger partial charge in [0, 0.05) is 12.4 Å². The normalized spacial score (nSPS) is 23.2. The number of benzene rings is 1. The maximum absolute atomic E-state index is 13.6. The zero-order chi connectivity index (χ0) is 15.5. The summed E-state index contributed by atoms with van der Waals surface area (Å²) in [5.74, 6) is -0.849. The summed E-state index contributed by atoms with van der Waals surface area (Å²) in [7, 11) is -4.05. The molecule has 1 aromatic carbocycles. The fourth-order valence-electron chi connectivity index (χ4n) is 2.73. The Balaban J connectivity index is 2.09. The molecule has 1 aliphatic rings. The van der Waals surface area contributed by atoms with E-state index in [1.54, 1.807) is 0 Å². The molecule has 21 heavy (non-hydrogen) atoms. The van der Waals surface area contributed by atoms with Gasteiger partial charge >= 0.3 is 0 Å². The van der Waals surface area contributed by atoms with Crippen LogP contribution in [0.15, 0.2) is 23.1 Å². The summed E-state index contributed by atoms with van der Waals surface area (Å²) < 4.78 is 53.2. The van der Waals surface area contributed by atoms with Crippen molar-refractivity contribution in [1.82, 2.24) is 4.72 Å². The molecule has 0 aromatic heterocycles. The molecule has 0 aliphatic heterocycles. The van der Waals surface area contributed by atoms with Gasteiger partial charge in [-0.2, -0.15) is 0 Å². The van der Waals surface area contributed by atoms with E-state index in [4.69, 9.17) is 11.6 Å². The Hall–Kier alpha value is -0.720. The molecule has 1 saturated carbocycles. The molecular formula is C14H18ClF2NO2S. The number of rotatable bonds is 5. The molecule has 2 rings (SSSR count). The van der Waals surface area contributed by atoms with Crippen LogP contribution in [-0.2, 0) is 10.0 Å². The number of hydrogen-bond acceptors (Lipinski definition) is 2. The Morgan fingerprint density at radius 1 is 1.19 bits per heavy atom. The van der Waals surface area contributed by atoms with Gasteiger partial charge in [-0.25, -0.2) is 21.9 Å². The fraction of sp³-hybridized carbons (Fsp3) is 0.571. The fourth-order valence-corrected chi connectivity index (χ4v) is 4.32. The summed E-state index contributed by atoms with van der Waals surface area (Å²) in [4.78, 5) is -0.652. The number of hydrogen-bond donors (Lipinski definition) is 1. The Kier molecular flexibility index (Phi) is 5.57. The van der Waals surface area contributed by atoms with Crippen molar-refractivity contribution in [3.63, 3.8) is 0 Å².